The molecule has 130 valence electrons. The average Bonchev–Trinajstić information content (AvgIpc) is 3.09. The molecule has 0 aromatic heterocycles. The fourth-order valence-electron chi connectivity index (χ4n) is 3.40. The van der Waals surface area contributed by atoms with Crippen molar-refractivity contribution in [1.82, 2.24) is 4.90 Å². The van der Waals surface area contributed by atoms with E-state index in [1.54, 1.807) is 11.9 Å². The first-order chi connectivity index (χ1) is 11.3. The number of amides is 2. The van der Waals surface area contributed by atoms with E-state index in [0.717, 1.165) is 11.3 Å². The molecule has 2 fully saturated rings. The third-order valence-electron chi connectivity index (χ3n) is 4.92. The maximum Gasteiger partial charge on any atom is 0.228 e. The minimum absolute atomic E-state index is 0.0254. The van der Waals surface area contributed by atoms with Crippen LogP contribution in [0.3, 0.4) is 0 Å². The zero-order chi connectivity index (χ0) is 17.5. The molecule has 2 aliphatic heterocycles. The first-order valence-electron chi connectivity index (χ1n) is 8.11. The molecule has 0 saturated carbocycles. The average molecular weight is 350 g/mol. The first kappa shape index (κ1) is 17.0. The summed E-state index contributed by atoms with van der Waals surface area (Å²) in [4.78, 5) is 28.1. The van der Waals surface area contributed by atoms with Crippen molar-refractivity contribution in [2.24, 2.45) is 5.92 Å². The van der Waals surface area contributed by atoms with Crippen molar-refractivity contribution in [2.45, 2.75) is 25.8 Å². The van der Waals surface area contributed by atoms with Gasteiger partial charge in [0.2, 0.25) is 11.8 Å². The Morgan fingerprint density at radius 1 is 1.25 bits per heavy atom. The van der Waals surface area contributed by atoms with Crippen LogP contribution in [0.1, 0.15) is 18.4 Å². The van der Waals surface area contributed by atoms with E-state index < -0.39 is 15.8 Å². The highest BCUT2D eigenvalue weighted by molar-refractivity contribution is 7.91. The number of carbonyl (C=O) groups excluding carboxylic acids is 2. The molecule has 2 amide bonds. The molecule has 2 saturated heterocycles. The zero-order valence-corrected chi connectivity index (χ0v) is 14.8. The summed E-state index contributed by atoms with van der Waals surface area (Å²) in [5.41, 5.74) is 1.91. The lowest BCUT2D eigenvalue weighted by Gasteiger charge is -2.26. The van der Waals surface area contributed by atoms with E-state index in [0.29, 0.717) is 13.0 Å². The molecule has 2 aliphatic rings. The minimum Gasteiger partial charge on any atom is -0.341 e. The van der Waals surface area contributed by atoms with E-state index in [-0.39, 0.29) is 35.8 Å². The molecule has 0 bridgehead atoms. The SMILES string of the molecule is Cc1ccc(N2C[C@@H](C(=O)N(C)[C@@H]3CCS(=O)(=O)C3)CC2=O)cc1. The van der Waals surface area contributed by atoms with Gasteiger partial charge in [-0.2, -0.15) is 0 Å². The molecular weight excluding hydrogens is 328 g/mol. The van der Waals surface area contributed by atoms with Crippen molar-refractivity contribution in [1.29, 1.82) is 0 Å². The van der Waals surface area contributed by atoms with Crippen LogP contribution in [0, 0.1) is 12.8 Å². The fraction of sp³-hybridized carbons (Fsp3) is 0.529. The van der Waals surface area contributed by atoms with Gasteiger partial charge in [-0.1, -0.05) is 17.7 Å². The summed E-state index contributed by atoms with van der Waals surface area (Å²) in [6.45, 7) is 2.33. The molecule has 2 atom stereocenters. The Kier molecular flexibility index (Phi) is 4.38. The molecule has 0 radical (unpaired) electrons. The smallest absolute Gasteiger partial charge is 0.228 e. The van der Waals surface area contributed by atoms with Crippen LogP contribution < -0.4 is 4.90 Å². The summed E-state index contributed by atoms with van der Waals surface area (Å²) in [6.07, 6.45) is 0.656. The summed E-state index contributed by atoms with van der Waals surface area (Å²) in [5, 5.41) is 0. The Hall–Kier alpha value is -1.89. The van der Waals surface area contributed by atoms with Crippen molar-refractivity contribution < 1.29 is 18.0 Å². The van der Waals surface area contributed by atoms with Gasteiger partial charge >= 0.3 is 0 Å². The molecule has 6 nitrogen and oxygen atoms in total. The number of carbonyl (C=O) groups is 2. The lowest BCUT2D eigenvalue weighted by Crippen LogP contribution is -2.42. The molecule has 0 unspecified atom stereocenters. The maximum absolute atomic E-state index is 12.7. The quantitative estimate of drug-likeness (QED) is 0.815. The van der Waals surface area contributed by atoms with Crippen molar-refractivity contribution in [3.05, 3.63) is 29.8 Å². The minimum atomic E-state index is -3.04. The number of sulfone groups is 1. The Morgan fingerprint density at radius 3 is 2.50 bits per heavy atom. The summed E-state index contributed by atoms with van der Waals surface area (Å²) < 4.78 is 23.2. The number of anilines is 1. The number of aryl methyl sites for hydroxylation is 1. The van der Waals surface area contributed by atoms with Gasteiger partial charge in [-0.05, 0) is 25.5 Å². The molecule has 1 aromatic carbocycles. The molecule has 7 heteroatoms. The number of hydrogen-bond acceptors (Lipinski definition) is 4. The Morgan fingerprint density at radius 2 is 1.92 bits per heavy atom. The van der Waals surface area contributed by atoms with Gasteiger partial charge < -0.3 is 9.80 Å². The highest BCUT2D eigenvalue weighted by atomic mass is 32.2. The highest BCUT2D eigenvalue weighted by Gasteiger charge is 2.40. The van der Waals surface area contributed by atoms with Gasteiger partial charge in [0.05, 0.1) is 17.4 Å². The molecule has 0 spiro atoms. The standard InChI is InChI=1S/C17H22N2O4S/c1-12-3-5-14(6-4-12)19-10-13(9-16(19)20)17(21)18(2)15-7-8-24(22,23)11-15/h3-6,13,15H,7-11H2,1-2H3/t13-,15+/m0/s1. The lowest BCUT2D eigenvalue weighted by atomic mass is 10.1. The van der Waals surface area contributed by atoms with Crippen LogP contribution in [0.5, 0.6) is 0 Å². The molecule has 1 aromatic rings. The fourth-order valence-corrected chi connectivity index (χ4v) is 5.17. The lowest BCUT2D eigenvalue weighted by molar-refractivity contribution is -0.136. The third kappa shape index (κ3) is 3.31. The second-order valence-electron chi connectivity index (χ2n) is 6.75. The summed E-state index contributed by atoms with van der Waals surface area (Å²) in [7, 11) is -1.39. The number of nitrogens with zero attached hydrogens (tertiary/aromatic N) is 2. The van der Waals surface area contributed by atoms with Gasteiger partial charge in [0.1, 0.15) is 0 Å². The van der Waals surface area contributed by atoms with Crippen LogP contribution in [0.15, 0.2) is 24.3 Å². The Bertz CT molecular complexity index is 757. The molecular formula is C17H22N2O4S. The van der Waals surface area contributed by atoms with Crippen LogP contribution in [0.4, 0.5) is 5.69 Å². The van der Waals surface area contributed by atoms with E-state index in [2.05, 4.69) is 0 Å². The first-order valence-corrected chi connectivity index (χ1v) is 9.93. The molecule has 0 N–H and O–H groups in total. The van der Waals surface area contributed by atoms with Crippen LogP contribution in [-0.4, -0.2) is 56.3 Å². The predicted molar refractivity (Wildman–Crippen MR) is 91.5 cm³/mol. The summed E-state index contributed by atoms with van der Waals surface area (Å²) in [5.74, 6) is -0.455. The molecule has 3 rings (SSSR count). The van der Waals surface area contributed by atoms with Gasteiger partial charge in [-0.3, -0.25) is 9.59 Å². The number of hydrogen-bond donors (Lipinski definition) is 0. The van der Waals surface area contributed by atoms with Crippen LogP contribution in [0.2, 0.25) is 0 Å². The molecule has 24 heavy (non-hydrogen) atoms. The van der Waals surface area contributed by atoms with Gasteiger partial charge in [0.25, 0.3) is 0 Å². The Balaban J connectivity index is 1.69. The van der Waals surface area contributed by atoms with E-state index in [1.807, 2.05) is 31.2 Å². The number of benzene rings is 1. The van der Waals surface area contributed by atoms with E-state index in [4.69, 9.17) is 0 Å². The van der Waals surface area contributed by atoms with Crippen molar-refractivity contribution in [3.63, 3.8) is 0 Å². The topological polar surface area (TPSA) is 74.8 Å². The normalized spacial score (nSPS) is 25.9. The summed E-state index contributed by atoms with van der Waals surface area (Å²) >= 11 is 0. The predicted octanol–water partition coefficient (Wildman–Crippen LogP) is 0.993. The zero-order valence-electron chi connectivity index (χ0n) is 13.9. The van der Waals surface area contributed by atoms with Crippen molar-refractivity contribution in [3.8, 4) is 0 Å². The molecule has 0 aliphatic carbocycles. The van der Waals surface area contributed by atoms with Gasteiger partial charge in [-0.25, -0.2) is 8.42 Å². The highest BCUT2D eigenvalue weighted by Crippen LogP contribution is 2.28. The largest absolute Gasteiger partial charge is 0.341 e. The van der Waals surface area contributed by atoms with Gasteiger partial charge in [0, 0.05) is 31.7 Å². The second kappa shape index (κ2) is 6.20. The molecule has 2 heterocycles. The number of rotatable bonds is 3. The van der Waals surface area contributed by atoms with Gasteiger partial charge in [-0.15, -0.1) is 0 Å². The van der Waals surface area contributed by atoms with Crippen molar-refractivity contribution >= 4 is 27.3 Å². The van der Waals surface area contributed by atoms with Gasteiger partial charge in [0.15, 0.2) is 9.84 Å². The van der Waals surface area contributed by atoms with Crippen LogP contribution in [-0.2, 0) is 19.4 Å². The van der Waals surface area contributed by atoms with E-state index >= 15 is 0 Å². The monoisotopic (exact) mass is 350 g/mol. The van der Waals surface area contributed by atoms with Crippen LogP contribution >= 0.6 is 0 Å². The van der Waals surface area contributed by atoms with E-state index in [9.17, 15) is 18.0 Å². The second-order valence-corrected chi connectivity index (χ2v) is 8.98. The van der Waals surface area contributed by atoms with Crippen LogP contribution in [0.25, 0.3) is 0 Å². The Labute approximate surface area is 142 Å². The third-order valence-corrected chi connectivity index (χ3v) is 6.67. The van der Waals surface area contributed by atoms with E-state index in [1.165, 1.54) is 4.90 Å². The maximum atomic E-state index is 12.7. The summed E-state index contributed by atoms with van der Waals surface area (Å²) in [6, 6.07) is 7.37. The van der Waals surface area contributed by atoms with Crippen molar-refractivity contribution in [2.75, 3.05) is 30.0 Å².